The van der Waals surface area contributed by atoms with Crippen LogP contribution in [0.1, 0.15) is 12.0 Å². The van der Waals surface area contributed by atoms with Crippen molar-refractivity contribution in [3.8, 4) is 6.07 Å². The van der Waals surface area contributed by atoms with E-state index in [2.05, 4.69) is 10.0 Å². The molecule has 0 aliphatic carbocycles. The molecule has 0 saturated carbocycles. The summed E-state index contributed by atoms with van der Waals surface area (Å²) < 4.78 is 25.9. The first-order chi connectivity index (χ1) is 8.95. The van der Waals surface area contributed by atoms with Crippen LogP contribution in [0.4, 0.5) is 4.79 Å². The van der Waals surface area contributed by atoms with Crippen LogP contribution in [0.2, 0.25) is 0 Å². The maximum atomic E-state index is 11.8. The van der Waals surface area contributed by atoms with Crippen LogP contribution in [0, 0.1) is 11.3 Å². The van der Waals surface area contributed by atoms with Gasteiger partial charge in [0.15, 0.2) is 0 Å². The molecule has 102 valence electrons. The lowest BCUT2D eigenvalue weighted by Gasteiger charge is -2.06. The van der Waals surface area contributed by atoms with Crippen molar-refractivity contribution < 1.29 is 18.3 Å². The third-order valence-electron chi connectivity index (χ3n) is 2.22. The van der Waals surface area contributed by atoms with Crippen molar-refractivity contribution in [1.82, 2.24) is 10.0 Å². The van der Waals surface area contributed by atoms with E-state index in [1.807, 2.05) is 6.07 Å². The van der Waals surface area contributed by atoms with Crippen LogP contribution >= 0.6 is 0 Å². The lowest BCUT2D eigenvalue weighted by atomic mass is 10.2. The molecule has 0 bridgehead atoms. The van der Waals surface area contributed by atoms with Crippen LogP contribution in [0.15, 0.2) is 29.2 Å². The number of benzene rings is 1. The molecule has 0 fully saturated rings. The highest BCUT2D eigenvalue weighted by Gasteiger charge is 2.12. The molecule has 1 amide bonds. The van der Waals surface area contributed by atoms with Crippen LogP contribution in [0.25, 0.3) is 0 Å². The Kier molecular flexibility index (Phi) is 5.29. The van der Waals surface area contributed by atoms with E-state index in [4.69, 9.17) is 10.4 Å². The number of nitrogens with one attached hydrogen (secondary N) is 2. The molecule has 0 heterocycles. The van der Waals surface area contributed by atoms with E-state index in [1.54, 1.807) is 0 Å². The predicted molar refractivity (Wildman–Crippen MR) is 67.0 cm³/mol. The summed E-state index contributed by atoms with van der Waals surface area (Å²) in [5, 5.41) is 19.1. The summed E-state index contributed by atoms with van der Waals surface area (Å²) in [5.41, 5.74) is 0.379. The van der Waals surface area contributed by atoms with Gasteiger partial charge < -0.3 is 10.4 Å². The molecule has 0 aromatic heterocycles. The lowest BCUT2D eigenvalue weighted by Crippen LogP contribution is -2.29. The Balaban J connectivity index is 2.51. The minimum atomic E-state index is -3.62. The molecule has 19 heavy (non-hydrogen) atoms. The van der Waals surface area contributed by atoms with E-state index < -0.39 is 16.1 Å². The van der Waals surface area contributed by atoms with Crippen molar-refractivity contribution in [1.29, 1.82) is 5.26 Å². The van der Waals surface area contributed by atoms with Crippen LogP contribution in [0.3, 0.4) is 0 Å². The quantitative estimate of drug-likeness (QED) is 0.656. The van der Waals surface area contributed by atoms with Gasteiger partial charge in [0, 0.05) is 13.1 Å². The Hall–Kier alpha value is -2.11. The number of sulfonamides is 1. The van der Waals surface area contributed by atoms with Crippen molar-refractivity contribution in [3.63, 3.8) is 0 Å². The Bertz CT molecular complexity index is 575. The van der Waals surface area contributed by atoms with Gasteiger partial charge in [-0.15, -0.1) is 0 Å². The molecule has 0 aliphatic rings. The average Bonchev–Trinajstić information content (AvgIpc) is 2.38. The number of nitriles is 1. The smallest absolute Gasteiger partial charge is 0.404 e. The third kappa shape index (κ3) is 4.95. The van der Waals surface area contributed by atoms with Crippen LogP contribution < -0.4 is 10.0 Å². The average molecular weight is 283 g/mol. The molecule has 0 atom stereocenters. The summed E-state index contributed by atoms with van der Waals surface area (Å²) >= 11 is 0. The first-order valence-electron chi connectivity index (χ1n) is 5.42. The van der Waals surface area contributed by atoms with Crippen molar-refractivity contribution in [3.05, 3.63) is 29.8 Å². The standard InChI is InChI=1S/C11H13N3O4S/c12-8-9-2-4-10(5-3-9)19(17,18)14-7-1-6-13-11(15)16/h2-5,13-14H,1,6-7H2,(H,15,16). The molecular formula is C11H13N3O4S. The zero-order valence-corrected chi connectivity index (χ0v) is 10.8. The minimum absolute atomic E-state index is 0.0673. The van der Waals surface area contributed by atoms with Gasteiger partial charge >= 0.3 is 6.09 Å². The second-order valence-corrected chi connectivity index (χ2v) is 5.39. The lowest BCUT2D eigenvalue weighted by molar-refractivity contribution is 0.194. The molecule has 8 heteroatoms. The van der Waals surface area contributed by atoms with Crippen LogP contribution in [-0.2, 0) is 10.0 Å². The molecule has 1 aromatic carbocycles. The van der Waals surface area contributed by atoms with Gasteiger partial charge in [-0.2, -0.15) is 5.26 Å². The third-order valence-corrected chi connectivity index (χ3v) is 3.69. The van der Waals surface area contributed by atoms with Crippen molar-refractivity contribution in [2.24, 2.45) is 0 Å². The Labute approximate surface area is 110 Å². The van der Waals surface area contributed by atoms with Crippen LogP contribution in [-0.4, -0.2) is 32.7 Å². The minimum Gasteiger partial charge on any atom is -0.465 e. The molecule has 3 N–H and O–H groups in total. The molecule has 7 nitrogen and oxygen atoms in total. The summed E-state index contributed by atoms with van der Waals surface area (Å²) in [6.45, 7) is 0.299. The Morgan fingerprint density at radius 1 is 1.26 bits per heavy atom. The number of carbonyl (C=O) groups is 1. The SMILES string of the molecule is N#Cc1ccc(S(=O)(=O)NCCCNC(=O)O)cc1. The fourth-order valence-corrected chi connectivity index (χ4v) is 2.36. The van der Waals surface area contributed by atoms with Gasteiger partial charge in [0.25, 0.3) is 0 Å². The van der Waals surface area contributed by atoms with Gasteiger partial charge in [0.2, 0.25) is 10.0 Å². The predicted octanol–water partition coefficient (Wildman–Crippen LogP) is 0.494. The van der Waals surface area contributed by atoms with Gasteiger partial charge in [0.1, 0.15) is 0 Å². The molecule has 0 unspecified atom stereocenters. The second kappa shape index (κ2) is 6.72. The maximum absolute atomic E-state index is 11.8. The normalized spacial score (nSPS) is 10.7. The molecule has 1 rings (SSSR count). The summed E-state index contributed by atoms with van der Waals surface area (Å²) in [7, 11) is -3.62. The molecule has 0 spiro atoms. The zero-order valence-electron chi connectivity index (χ0n) is 9.96. The monoisotopic (exact) mass is 283 g/mol. The van der Waals surface area contributed by atoms with E-state index in [0.29, 0.717) is 12.0 Å². The Morgan fingerprint density at radius 3 is 2.42 bits per heavy atom. The number of amides is 1. The number of rotatable bonds is 6. The van der Waals surface area contributed by atoms with Gasteiger partial charge in [-0.25, -0.2) is 17.9 Å². The first kappa shape index (κ1) is 14.9. The fraction of sp³-hybridized carbons (Fsp3) is 0.273. The van der Waals surface area contributed by atoms with E-state index in [1.165, 1.54) is 24.3 Å². The number of nitrogens with zero attached hydrogens (tertiary/aromatic N) is 1. The maximum Gasteiger partial charge on any atom is 0.404 e. The van der Waals surface area contributed by atoms with E-state index in [-0.39, 0.29) is 18.0 Å². The highest BCUT2D eigenvalue weighted by Crippen LogP contribution is 2.09. The van der Waals surface area contributed by atoms with E-state index in [0.717, 1.165) is 0 Å². The van der Waals surface area contributed by atoms with Gasteiger partial charge in [0.05, 0.1) is 16.5 Å². The second-order valence-electron chi connectivity index (χ2n) is 3.62. The topological polar surface area (TPSA) is 119 Å². The largest absolute Gasteiger partial charge is 0.465 e. The summed E-state index contributed by atoms with van der Waals surface area (Å²) in [4.78, 5) is 10.2. The number of carboxylic acid groups (broad SMARTS) is 1. The first-order valence-corrected chi connectivity index (χ1v) is 6.90. The van der Waals surface area contributed by atoms with Crippen molar-refractivity contribution in [2.75, 3.05) is 13.1 Å². The molecule has 0 saturated heterocycles. The van der Waals surface area contributed by atoms with E-state index >= 15 is 0 Å². The van der Waals surface area contributed by atoms with Crippen LogP contribution in [0.5, 0.6) is 0 Å². The molecule has 0 radical (unpaired) electrons. The molecule has 1 aromatic rings. The highest BCUT2D eigenvalue weighted by molar-refractivity contribution is 7.89. The molecular weight excluding hydrogens is 270 g/mol. The number of hydrogen-bond donors (Lipinski definition) is 3. The van der Waals surface area contributed by atoms with Crippen molar-refractivity contribution in [2.45, 2.75) is 11.3 Å². The van der Waals surface area contributed by atoms with Gasteiger partial charge in [-0.3, -0.25) is 0 Å². The fourth-order valence-electron chi connectivity index (χ4n) is 1.28. The van der Waals surface area contributed by atoms with E-state index in [9.17, 15) is 13.2 Å². The van der Waals surface area contributed by atoms with Gasteiger partial charge in [-0.05, 0) is 30.7 Å². The Morgan fingerprint density at radius 2 is 1.89 bits per heavy atom. The highest BCUT2D eigenvalue weighted by atomic mass is 32.2. The van der Waals surface area contributed by atoms with Gasteiger partial charge in [-0.1, -0.05) is 0 Å². The summed E-state index contributed by atoms with van der Waals surface area (Å²) in [6, 6.07) is 7.42. The summed E-state index contributed by atoms with van der Waals surface area (Å²) in [5.74, 6) is 0. The zero-order chi connectivity index (χ0) is 14.3. The van der Waals surface area contributed by atoms with Crippen molar-refractivity contribution >= 4 is 16.1 Å². The summed E-state index contributed by atoms with van der Waals surface area (Å²) in [6.07, 6.45) is -0.795. The number of hydrogen-bond acceptors (Lipinski definition) is 4. The molecule has 0 aliphatic heterocycles.